The van der Waals surface area contributed by atoms with Crippen LogP contribution in [0.4, 0.5) is 0 Å². The van der Waals surface area contributed by atoms with Crippen LogP contribution in [0, 0.1) is 6.92 Å². The first-order valence-electron chi connectivity index (χ1n) is 7.86. The SMILES string of the molecule is Cc1nc(CN2CCN(C(=O)C(N)c3ccccc3)CC2)cs1.Cl.Cl.Cl. The van der Waals surface area contributed by atoms with Gasteiger partial charge in [0, 0.05) is 38.1 Å². The molecule has 1 aromatic heterocycles. The van der Waals surface area contributed by atoms with Crippen LogP contribution < -0.4 is 5.73 Å². The molecule has 0 radical (unpaired) electrons. The molecule has 0 saturated carbocycles. The maximum atomic E-state index is 12.5. The molecule has 1 amide bonds. The zero-order valence-corrected chi connectivity index (χ0v) is 17.8. The molecule has 1 aliphatic heterocycles. The highest BCUT2D eigenvalue weighted by atomic mass is 35.5. The molecule has 1 unspecified atom stereocenters. The molecule has 3 rings (SSSR count). The van der Waals surface area contributed by atoms with Gasteiger partial charge in [-0.05, 0) is 12.5 Å². The third-order valence-corrected chi connectivity index (χ3v) is 4.98. The maximum Gasteiger partial charge on any atom is 0.244 e. The van der Waals surface area contributed by atoms with Crippen LogP contribution in [0.15, 0.2) is 35.7 Å². The molecule has 1 saturated heterocycles. The largest absolute Gasteiger partial charge is 0.338 e. The topological polar surface area (TPSA) is 62.5 Å². The monoisotopic (exact) mass is 438 g/mol. The van der Waals surface area contributed by atoms with E-state index < -0.39 is 6.04 Å². The van der Waals surface area contributed by atoms with Crippen LogP contribution in [-0.2, 0) is 11.3 Å². The molecule has 9 heteroatoms. The quantitative estimate of drug-likeness (QED) is 0.795. The third kappa shape index (κ3) is 6.37. The lowest BCUT2D eigenvalue weighted by atomic mass is 10.1. The summed E-state index contributed by atoms with van der Waals surface area (Å²) >= 11 is 1.68. The van der Waals surface area contributed by atoms with Crippen molar-refractivity contribution in [2.24, 2.45) is 5.73 Å². The Morgan fingerprint density at radius 1 is 1.15 bits per heavy atom. The van der Waals surface area contributed by atoms with Crippen molar-refractivity contribution >= 4 is 54.5 Å². The first-order valence-corrected chi connectivity index (χ1v) is 8.74. The Balaban J connectivity index is 0.00000208. The fraction of sp³-hybridized carbons (Fsp3) is 0.412. The number of nitrogens with zero attached hydrogens (tertiary/aromatic N) is 3. The van der Waals surface area contributed by atoms with Crippen LogP contribution in [0.3, 0.4) is 0 Å². The van der Waals surface area contributed by atoms with Crippen molar-refractivity contribution < 1.29 is 4.79 Å². The average Bonchev–Trinajstić information content (AvgIpc) is 3.00. The summed E-state index contributed by atoms with van der Waals surface area (Å²) < 4.78 is 0. The summed E-state index contributed by atoms with van der Waals surface area (Å²) in [5.74, 6) is 0.0142. The summed E-state index contributed by atoms with van der Waals surface area (Å²) in [6.07, 6.45) is 0. The molecule has 0 bridgehead atoms. The zero-order valence-electron chi connectivity index (χ0n) is 14.5. The predicted molar refractivity (Wildman–Crippen MR) is 114 cm³/mol. The van der Waals surface area contributed by atoms with E-state index in [0.717, 1.165) is 49.0 Å². The highest BCUT2D eigenvalue weighted by molar-refractivity contribution is 7.09. The van der Waals surface area contributed by atoms with Crippen LogP contribution in [-0.4, -0.2) is 46.9 Å². The summed E-state index contributed by atoms with van der Waals surface area (Å²) in [6, 6.07) is 9.00. The number of thiazole rings is 1. The molecular weight excluding hydrogens is 415 g/mol. The van der Waals surface area contributed by atoms with Gasteiger partial charge in [0.2, 0.25) is 5.91 Å². The van der Waals surface area contributed by atoms with E-state index >= 15 is 0 Å². The van der Waals surface area contributed by atoms with Crippen LogP contribution in [0.5, 0.6) is 0 Å². The Morgan fingerprint density at radius 2 is 1.77 bits per heavy atom. The van der Waals surface area contributed by atoms with E-state index in [4.69, 9.17) is 5.73 Å². The highest BCUT2D eigenvalue weighted by Gasteiger charge is 2.26. The fourth-order valence-electron chi connectivity index (χ4n) is 2.84. The number of aromatic nitrogens is 1. The molecule has 1 fully saturated rings. The first-order chi connectivity index (χ1) is 11.1. The van der Waals surface area contributed by atoms with Gasteiger partial charge in [-0.15, -0.1) is 48.6 Å². The molecule has 26 heavy (non-hydrogen) atoms. The van der Waals surface area contributed by atoms with Gasteiger partial charge >= 0.3 is 0 Å². The molecule has 0 spiro atoms. The van der Waals surface area contributed by atoms with E-state index in [-0.39, 0.29) is 43.1 Å². The average molecular weight is 440 g/mol. The predicted octanol–water partition coefficient (Wildman–Crippen LogP) is 3.06. The third-order valence-electron chi connectivity index (χ3n) is 4.16. The lowest BCUT2D eigenvalue weighted by Gasteiger charge is -2.35. The van der Waals surface area contributed by atoms with Gasteiger partial charge in [-0.25, -0.2) is 4.98 Å². The second-order valence-corrected chi connectivity index (χ2v) is 6.91. The summed E-state index contributed by atoms with van der Waals surface area (Å²) in [6.45, 7) is 6.06. The maximum absolute atomic E-state index is 12.5. The number of benzene rings is 1. The Kier molecular flexibility index (Phi) is 11.3. The minimum atomic E-state index is -0.566. The summed E-state index contributed by atoms with van der Waals surface area (Å²) in [4.78, 5) is 21.3. The molecule has 2 aromatic rings. The van der Waals surface area contributed by atoms with Gasteiger partial charge in [0.05, 0.1) is 10.7 Å². The molecule has 2 N–H and O–H groups in total. The van der Waals surface area contributed by atoms with E-state index in [9.17, 15) is 4.79 Å². The minimum Gasteiger partial charge on any atom is -0.338 e. The van der Waals surface area contributed by atoms with Crippen molar-refractivity contribution in [1.82, 2.24) is 14.8 Å². The number of hydrogen-bond acceptors (Lipinski definition) is 5. The standard InChI is InChI=1S/C17H22N4OS.3ClH/c1-13-19-15(12-23-13)11-20-7-9-21(10-8-20)17(22)16(18)14-5-3-2-4-6-14;;;/h2-6,12,16H,7-11,18H2,1H3;3*1H. The van der Waals surface area contributed by atoms with E-state index in [2.05, 4.69) is 15.3 Å². The number of carbonyl (C=O) groups excluding carboxylic acids is 1. The summed E-state index contributed by atoms with van der Waals surface area (Å²) in [7, 11) is 0. The number of piperazine rings is 1. The number of amides is 1. The van der Waals surface area contributed by atoms with Crippen LogP contribution in [0.25, 0.3) is 0 Å². The smallest absolute Gasteiger partial charge is 0.244 e. The van der Waals surface area contributed by atoms with Crippen LogP contribution >= 0.6 is 48.6 Å². The number of aryl methyl sites for hydroxylation is 1. The molecule has 146 valence electrons. The van der Waals surface area contributed by atoms with E-state index in [0.29, 0.717) is 0 Å². The van der Waals surface area contributed by atoms with Crippen molar-refractivity contribution in [1.29, 1.82) is 0 Å². The molecule has 1 aromatic carbocycles. The van der Waals surface area contributed by atoms with Gasteiger partial charge < -0.3 is 10.6 Å². The normalized spacial score (nSPS) is 15.2. The zero-order chi connectivity index (χ0) is 16.2. The summed E-state index contributed by atoms with van der Waals surface area (Å²) in [5.41, 5.74) is 8.11. The number of nitrogens with two attached hydrogens (primary N) is 1. The van der Waals surface area contributed by atoms with E-state index in [1.54, 1.807) is 11.3 Å². The van der Waals surface area contributed by atoms with E-state index in [1.165, 1.54) is 0 Å². The molecule has 1 aliphatic rings. The van der Waals surface area contributed by atoms with Gasteiger partial charge in [0.15, 0.2) is 0 Å². The molecule has 5 nitrogen and oxygen atoms in total. The molecule has 2 heterocycles. The number of rotatable bonds is 4. The van der Waals surface area contributed by atoms with E-state index in [1.807, 2.05) is 42.2 Å². The van der Waals surface area contributed by atoms with Crippen molar-refractivity contribution in [3.63, 3.8) is 0 Å². The van der Waals surface area contributed by atoms with Crippen molar-refractivity contribution in [3.8, 4) is 0 Å². The molecule has 1 atom stereocenters. The van der Waals surface area contributed by atoms with Gasteiger partial charge in [-0.1, -0.05) is 30.3 Å². The highest BCUT2D eigenvalue weighted by Crippen LogP contribution is 2.16. The van der Waals surface area contributed by atoms with Crippen LogP contribution in [0.1, 0.15) is 22.3 Å². The Bertz CT molecular complexity index is 663. The molecule has 0 aliphatic carbocycles. The number of hydrogen-bond donors (Lipinski definition) is 1. The van der Waals surface area contributed by atoms with Gasteiger partial charge in [0.25, 0.3) is 0 Å². The van der Waals surface area contributed by atoms with Crippen molar-refractivity contribution in [3.05, 3.63) is 52.0 Å². The molecular formula is C17H25Cl3N4OS. The van der Waals surface area contributed by atoms with Crippen molar-refractivity contribution in [2.75, 3.05) is 26.2 Å². The second-order valence-electron chi connectivity index (χ2n) is 5.85. The van der Waals surface area contributed by atoms with Gasteiger partial charge in [-0.3, -0.25) is 9.69 Å². The lowest BCUT2D eigenvalue weighted by molar-refractivity contribution is -0.134. The van der Waals surface area contributed by atoms with Gasteiger partial charge in [0.1, 0.15) is 6.04 Å². The Labute approximate surface area is 177 Å². The second kappa shape index (κ2) is 11.7. The van der Waals surface area contributed by atoms with Gasteiger partial charge in [-0.2, -0.15) is 0 Å². The Morgan fingerprint density at radius 3 is 2.31 bits per heavy atom. The van der Waals surface area contributed by atoms with Crippen LogP contribution in [0.2, 0.25) is 0 Å². The number of carbonyl (C=O) groups is 1. The minimum absolute atomic E-state index is 0. The Hall–Kier alpha value is -0.890. The number of halogens is 3. The lowest BCUT2D eigenvalue weighted by Crippen LogP contribution is -2.50. The van der Waals surface area contributed by atoms with Crippen molar-refractivity contribution in [2.45, 2.75) is 19.5 Å². The fourth-order valence-corrected chi connectivity index (χ4v) is 3.44. The summed E-state index contributed by atoms with van der Waals surface area (Å²) in [5, 5.41) is 3.21. The first kappa shape index (κ1) is 25.1.